The van der Waals surface area contributed by atoms with Crippen LogP contribution in [0, 0.1) is 5.92 Å². The van der Waals surface area contributed by atoms with Crippen LogP contribution < -0.4 is 5.32 Å². The zero-order valence-electron chi connectivity index (χ0n) is 9.83. The fraction of sp³-hybridized carbons (Fsp3) is 0.917. The van der Waals surface area contributed by atoms with Gasteiger partial charge in [0.2, 0.25) is 0 Å². The third-order valence-electron chi connectivity index (χ3n) is 4.07. The number of amides is 2. The molecule has 1 saturated carbocycles. The van der Waals surface area contributed by atoms with Gasteiger partial charge in [-0.05, 0) is 44.9 Å². The van der Waals surface area contributed by atoms with Gasteiger partial charge in [-0.1, -0.05) is 6.92 Å². The molecule has 2 rings (SSSR count). The third-order valence-corrected chi connectivity index (χ3v) is 4.07. The smallest absolute Gasteiger partial charge is 0.317 e. The highest BCUT2D eigenvalue weighted by molar-refractivity contribution is 5.75. The lowest BCUT2D eigenvalue weighted by Crippen LogP contribution is -2.53. The minimum atomic E-state index is 0.166. The van der Waals surface area contributed by atoms with E-state index in [1.807, 2.05) is 4.90 Å². The largest absolute Gasteiger partial charge is 0.335 e. The van der Waals surface area contributed by atoms with Crippen molar-refractivity contribution in [1.82, 2.24) is 10.2 Å². The zero-order valence-corrected chi connectivity index (χ0v) is 9.83. The lowest BCUT2D eigenvalue weighted by atomic mass is 9.91. The van der Waals surface area contributed by atoms with Crippen LogP contribution in [0.4, 0.5) is 4.79 Å². The van der Waals surface area contributed by atoms with Crippen molar-refractivity contribution in [3.8, 4) is 0 Å². The highest BCUT2D eigenvalue weighted by Gasteiger charge is 2.30. The van der Waals surface area contributed by atoms with E-state index in [4.69, 9.17) is 0 Å². The Labute approximate surface area is 92.2 Å². The Kier molecular flexibility index (Phi) is 3.17. The fourth-order valence-electron chi connectivity index (χ4n) is 2.43. The van der Waals surface area contributed by atoms with Crippen molar-refractivity contribution in [2.24, 2.45) is 5.92 Å². The summed E-state index contributed by atoms with van der Waals surface area (Å²) < 4.78 is 0. The summed E-state index contributed by atoms with van der Waals surface area (Å²) in [5, 5.41) is 3.12. The molecule has 3 nitrogen and oxygen atoms in total. The fourth-order valence-corrected chi connectivity index (χ4v) is 2.43. The maximum Gasteiger partial charge on any atom is 0.317 e. The molecule has 2 amide bonds. The molecule has 0 radical (unpaired) electrons. The van der Waals surface area contributed by atoms with Crippen molar-refractivity contribution >= 4 is 6.03 Å². The van der Waals surface area contributed by atoms with Crippen molar-refractivity contribution in [1.29, 1.82) is 0 Å². The first-order valence-electron chi connectivity index (χ1n) is 6.25. The van der Waals surface area contributed by atoms with E-state index in [9.17, 15) is 4.79 Å². The SMILES string of the molecule is CC1CCCN(C(=O)NC2CCC2)C1C. The van der Waals surface area contributed by atoms with Gasteiger partial charge < -0.3 is 10.2 Å². The number of likely N-dealkylation sites (tertiary alicyclic amines) is 1. The topological polar surface area (TPSA) is 32.3 Å². The molecule has 0 aromatic heterocycles. The van der Waals surface area contributed by atoms with Gasteiger partial charge in [0, 0.05) is 18.6 Å². The molecule has 2 aliphatic rings. The van der Waals surface area contributed by atoms with Crippen LogP contribution in [0.2, 0.25) is 0 Å². The van der Waals surface area contributed by atoms with Gasteiger partial charge in [-0.3, -0.25) is 0 Å². The number of urea groups is 1. The first-order valence-corrected chi connectivity index (χ1v) is 6.25. The molecule has 1 heterocycles. The molecule has 0 aromatic rings. The van der Waals surface area contributed by atoms with Crippen molar-refractivity contribution in [3.05, 3.63) is 0 Å². The number of nitrogens with zero attached hydrogens (tertiary/aromatic N) is 1. The van der Waals surface area contributed by atoms with Crippen LogP contribution in [0.25, 0.3) is 0 Å². The van der Waals surface area contributed by atoms with E-state index in [1.54, 1.807) is 0 Å². The Hall–Kier alpha value is -0.730. The number of carbonyl (C=O) groups excluding carboxylic acids is 1. The van der Waals surface area contributed by atoms with E-state index in [2.05, 4.69) is 19.2 Å². The Morgan fingerprint density at radius 2 is 1.93 bits per heavy atom. The molecule has 1 N–H and O–H groups in total. The van der Waals surface area contributed by atoms with E-state index in [0.717, 1.165) is 13.0 Å². The second kappa shape index (κ2) is 4.42. The number of nitrogens with one attached hydrogen (secondary N) is 1. The molecular weight excluding hydrogens is 188 g/mol. The van der Waals surface area contributed by atoms with Gasteiger partial charge in [-0.15, -0.1) is 0 Å². The molecule has 1 aliphatic heterocycles. The van der Waals surface area contributed by atoms with Gasteiger partial charge in [-0.2, -0.15) is 0 Å². The molecule has 2 unspecified atom stereocenters. The Bertz CT molecular complexity index is 238. The quantitative estimate of drug-likeness (QED) is 0.708. The third kappa shape index (κ3) is 2.27. The summed E-state index contributed by atoms with van der Waals surface area (Å²) in [5.74, 6) is 0.644. The normalized spacial score (nSPS) is 32.3. The summed E-state index contributed by atoms with van der Waals surface area (Å²) in [6.45, 7) is 5.35. The first-order chi connectivity index (χ1) is 7.18. The van der Waals surface area contributed by atoms with Gasteiger partial charge in [-0.25, -0.2) is 4.79 Å². The summed E-state index contributed by atoms with van der Waals surface area (Å²) in [6.07, 6.45) is 6.03. The lowest BCUT2D eigenvalue weighted by molar-refractivity contribution is 0.123. The zero-order chi connectivity index (χ0) is 10.8. The maximum absolute atomic E-state index is 12.0. The van der Waals surface area contributed by atoms with Crippen molar-refractivity contribution in [2.45, 2.75) is 58.0 Å². The number of hydrogen-bond acceptors (Lipinski definition) is 1. The monoisotopic (exact) mass is 210 g/mol. The Morgan fingerprint density at radius 3 is 2.53 bits per heavy atom. The first kappa shape index (κ1) is 10.8. The molecule has 1 saturated heterocycles. The van der Waals surface area contributed by atoms with Crippen LogP contribution in [0.15, 0.2) is 0 Å². The standard InChI is InChI=1S/C12H22N2O/c1-9-5-4-8-14(10(9)2)12(15)13-11-6-3-7-11/h9-11H,3-8H2,1-2H3,(H,13,15). The average Bonchev–Trinajstić information content (AvgIpc) is 2.15. The van der Waals surface area contributed by atoms with Crippen molar-refractivity contribution < 1.29 is 4.79 Å². The van der Waals surface area contributed by atoms with Gasteiger partial charge in [0.15, 0.2) is 0 Å². The van der Waals surface area contributed by atoms with Crippen molar-refractivity contribution in [2.75, 3.05) is 6.54 Å². The highest BCUT2D eigenvalue weighted by atomic mass is 16.2. The minimum absolute atomic E-state index is 0.166. The summed E-state index contributed by atoms with van der Waals surface area (Å²) >= 11 is 0. The maximum atomic E-state index is 12.0. The predicted molar refractivity (Wildman–Crippen MR) is 60.7 cm³/mol. The van der Waals surface area contributed by atoms with E-state index in [1.165, 1.54) is 25.7 Å². The van der Waals surface area contributed by atoms with E-state index in [-0.39, 0.29) is 6.03 Å². The molecule has 0 bridgehead atoms. The van der Waals surface area contributed by atoms with Crippen molar-refractivity contribution in [3.63, 3.8) is 0 Å². The number of carbonyl (C=O) groups is 1. The molecular formula is C12H22N2O. The van der Waals surface area contributed by atoms with Gasteiger partial charge >= 0.3 is 6.03 Å². The highest BCUT2D eigenvalue weighted by Crippen LogP contribution is 2.24. The van der Waals surface area contributed by atoms with Crippen LogP contribution in [-0.4, -0.2) is 29.6 Å². The van der Waals surface area contributed by atoms with Gasteiger partial charge in [0.1, 0.15) is 0 Å². The number of rotatable bonds is 1. The van der Waals surface area contributed by atoms with Gasteiger partial charge in [0.25, 0.3) is 0 Å². The molecule has 15 heavy (non-hydrogen) atoms. The molecule has 2 fully saturated rings. The number of piperidine rings is 1. The van der Waals surface area contributed by atoms with Crippen LogP contribution in [0.1, 0.15) is 46.0 Å². The lowest BCUT2D eigenvalue weighted by Gasteiger charge is -2.39. The van der Waals surface area contributed by atoms with Crippen LogP contribution >= 0.6 is 0 Å². The molecule has 1 aliphatic carbocycles. The Balaban J connectivity index is 1.87. The summed E-state index contributed by atoms with van der Waals surface area (Å²) in [5.41, 5.74) is 0. The van der Waals surface area contributed by atoms with E-state index in [0.29, 0.717) is 18.0 Å². The summed E-state index contributed by atoms with van der Waals surface area (Å²) in [7, 11) is 0. The molecule has 2 atom stereocenters. The second-order valence-corrected chi connectivity index (χ2v) is 5.13. The minimum Gasteiger partial charge on any atom is -0.335 e. The van der Waals surface area contributed by atoms with E-state index >= 15 is 0 Å². The van der Waals surface area contributed by atoms with Crippen LogP contribution in [-0.2, 0) is 0 Å². The molecule has 0 spiro atoms. The van der Waals surface area contributed by atoms with Crippen LogP contribution in [0.5, 0.6) is 0 Å². The average molecular weight is 210 g/mol. The predicted octanol–water partition coefficient (Wildman–Crippen LogP) is 2.37. The molecule has 0 aromatic carbocycles. The summed E-state index contributed by atoms with van der Waals surface area (Å²) in [4.78, 5) is 14.0. The van der Waals surface area contributed by atoms with Crippen LogP contribution in [0.3, 0.4) is 0 Å². The Morgan fingerprint density at radius 1 is 1.20 bits per heavy atom. The number of hydrogen-bond donors (Lipinski definition) is 1. The van der Waals surface area contributed by atoms with Gasteiger partial charge in [0.05, 0.1) is 0 Å². The molecule has 86 valence electrons. The second-order valence-electron chi connectivity index (χ2n) is 5.13. The van der Waals surface area contributed by atoms with E-state index < -0.39 is 0 Å². The molecule has 3 heteroatoms. The summed E-state index contributed by atoms with van der Waals surface area (Å²) in [6, 6.07) is 1.03.